The molecule has 5 nitrogen and oxygen atoms in total. The predicted molar refractivity (Wildman–Crippen MR) is 112 cm³/mol. The normalized spacial score (nSPS) is 17.1. The minimum atomic E-state index is -3.67. The summed E-state index contributed by atoms with van der Waals surface area (Å²) in [5.41, 5.74) is 1.99. The second-order valence-corrected chi connectivity index (χ2v) is 9.49. The van der Waals surface area contributed by atoms with E-state index in [2.05, 4.69) is 19.2 Å². The van der Waals surface area contributed by atoms with Gasteiger partial charge in [-0.05, 0) is 67.1 Å². The highest BCUT2D eigenvalue weighted by atomic mass is 32.2. The number of nitrogens with one attached hydrogen (secondary N) is 1. The molecule has 0 aromatic heterocycles. The van der Waals surface area contributed by atoms with Gasteiger partial charge in [-0.15, -0.1) is 0 Å². The number of hydrogen-bond donors (Lipinski definition) is 1. The molecule has 0 radical (unpaired) electrons. The van der Waals surface area contributed by atoms with Gasteiger partial charge in [0.25, 0.3) is 0 Å². The SMILES string of the molecule is CCC(C)c1ccc(NC(=O)C2CCN(S(=O)(=O)c3ccc(F)cc3)CC2)cc1. The monoisotopic (exact) mass is 418 g/mol. The van der Waals surface area contributed by atoms with Crippen LogP contribution in [0.2, 0.25) is 0 Å². The van der Waals surface area contributed by atoms with Crippen LogP contribution in [0, 0.1) is 11.7 Å². The summed E-state index contributed by atoms with van der Waals surface area (Å²) in [6, 6.07) is 12.7. The molecule has 0 bridgehead atoms. The molecule has 1 heterocycles. The molecule has 0 spiro atoms. The fourth-order valence-corrected chi connectivity index (χ4v) is 4.96. The topological polar surface area (TPSA) is 66.5 Å². The van der Waals surface area contributed by atoms with Gasteiger partial charge in [0.1, 0.15) is 5.82 Å². The zero-order valence-electron chi connectivity index (χ0n) is 16.8. The Hall–Kier alpha value is -2.25. The Morgan fingerprint density at radius 3 is 2.24 bits per heavy atom. The molecule has 3 rings (SSSR count). The second-order valence-electron chi connectivity index (χ2n) is 7.55. The van der Waals surface area contributed by atoms with E-state index in [0.717, 1.165) is 24.2 Å². The van der Waals surface area contributed by atoms with E-state index in [1.165, 1.54) is 22.0 Å². The number of nitrogens with zero attached hydrogens (tertiary/aromatic N) is 1. The minimum absolute atomic E-state index is 0.0724. The van der Waals surface area contributed by atoms with Gasteiger partial charge in [0.2, 0.25) is 15.9 Å². The maximum Gasteiger partial charge on any atom is 0.243 e. The standard InChI is InChI=1S/C22H27FN2O3S/c1-3-16(2)17-4-8-20(9-5-17)24-22(26)18-12-14-25(15-13-18)29(27,28)21-10-6-19(23)7-11-21/h4-11,16,18H,3,12-15H2,1-2H3,(H,24,26). The van der Waals surface area contributed by atoms with Crippen LogP contribution in [0.5, 0.6) is 0 Å². The number of amides is 1. The first kappa shape index (κ1) is 21.5. The fraction of sp³-hybridized carbons (Fsp3) is 0.409. The molecule has 1 amide bonds. The smallest absolute Gasteiger partial charge is 0.243 e. The van der Waals surface area contributed by atoms with Crippen LogP contribution in [-0.4, -0.2) is 31.7 Å². The number of carbonyl (C=O) groups is 1. The molecule has 1 unspecified atom stereocenters. The van der Waals surface area contributed by atoms with Crippen LogP contribution < -0.4 is 5.32 Å². The van der Waals surface area contributed by atoms with Gasteiger partial charge in [0, 0.05) is 24.7 Å². The number of benzene rings is 2. The van der Waals surface area contributed by atoms with Crippen LogP contribution in [0.15, 0.2) is 53.4 Å². The van der Waals surface area contributed by atoms with Crippen molar-refractivity contribution in [2.45, 2.75) is 43.9 Å². The maximum absolute atomic E-state index is 13.1. The van der Waals surface area contributed by atoms with Crippen molar-refractivity contribution in [3.63, 3.8) is 0 Å². The number of halogens is 1. The van der Waals surface area contributed by atoms with Crippen molar-refractivity contribution in [2.24, 2.45) is 5.92 Å². The van der Waals surface area contributed by atoms with Gasteiger partial charge in [0.05, 0.1) is 4.90 Å². The lowest BCUT2D eigenvalue weighted by Crippen LogP contribution is -2.41. The summed E-state index contributed by atoms with van der Waals surface area (Å²) in [4.78, 5) is 12.7. The molecule has 0 aliphatic carbocycles. The van der Waals surface area contributed by atoms with Gasteiger partial charge < -0.3 is 5.32 Å². The van der Waals surface area contributed by atoms with Crippen molar-refractivity contribution in [1.29, 1.82) is 0 Å². The Bertz CT molecular complexity index is 935. The maximum atomic E-state index is 13.1. The van der Waals surface area contributed by atoms with E-state index in [1.807, 2.05) is 24.3 Å². The van der Waals surface area contributed by atoms with Gasteiger partial charge in [-0.1, -0.05) is 26.0 Å². The second kappa shape index (κ2) is 9.05. The largest absolute Gasteiger partial charge is 0.326 e. The molecular weight excluding hydrogens is 391 g/mol. The van der Waals surface area contributed by atoms with E-state index in [9.17, 15) is 17.6 Å². The van der Waals surface area contributed by atoms with Crippen LogP contribution >= 0.6 is 0 Å². The fourth-order valence-electron chi connectivity index (χ4n) is 3.49. The number of rotatable bonds is 6. The van der Waals surface area contributed by atoms with Gasteiger partial charge in [-0.2, -0.15) is 4.31 Å². The van der Waals surface area contributed by atoms with E-state index >= 15 is 0 Å². The zero-order chi connectivity index (χ0) is 21.0. The van der Waals surface area contributed by atoms with E-state index < -0.39 is 15.8 Å². The third-order valence-corrected chi connectivity index (χ3v) is 7.55. The van der Waals surface area contributed by atoms with Gasteiger partial charge in [-0.3, -0.25) is 4.79 Å². The molecule has 0 saturated carbocycles. The highest BCUT2D eigenvalue weighted by Crippen LogP contribution is 2.26. The molecule has 1 fully saturated rings. The zero-order valence-corrected chi connectivity index (χ0v) is 17.6. The van der Waals surface area contributed by atoms with E-state index in [1.54, 1.807) is 0 Å². The quantitative estimate of drug-likeness (QED) is 0.757. The molecule has 7 heteroatoms. The summed E-state index contributed by atoms with van der Waals surface area (Å²) in [6.07, 6.45) is 1.97. The van der Waals surface area contributed by atoms with Crippen molar-refractivity contribution in [3.8, 4) is 0 Å². The molecule has 29 heavy (non-hydrogen) atoms. The highest BCUT2D eigenvalue weighted by molar-refractivity contribution is 7.89. The lowest BCUT2D eigenvalue weighted by Gasteiger charge is -2.30. The number of sulfonamides is 1. The molecule has 1 atom stereocenters. The summed E-state index contributed by atoms with van der Waals surface area (Å²) in [7, 11) is -3.67. The van der Waals surface area contributed by atoms with Crippen LogP contribution in [0.25, 0.3) is 0 Å². The van der Waals surface area contributed by atoms with Gasteiger partial charge >= 0.3 is 0 Å². The first-order valence-corrected chi connectivity index (χ1v) is 11.4. The van der Waals surface area contributed by atoms with E-state index in [4.69, 9.17) is 0 Å². The lowest BCUT2D eigenvalue weighted by molar-refractivity contribution is -0.120. The number of piperidine rings is 1. The highest BCUT2D eigenvalue weighted by Gasteiger charge is 2.32. The van der Waals surface area contributed by atoms with Crippen molar-refractivity contribution in [3.05, 3.63) is 59.9 Å². The van der Waals surface area contributed by atoms with Crippen molar-refractivity contribution < 1.29 is 17.6 Å². The van der Waals surface area contributed by atoms with Crippen LogP contribution in [0.4, 0.5) is 10.1 Å². The van der Waals surface area contributed by atoms with E-state index in [-0.39, 0.29) is 29.8 Å². The molecule has 1 aliphatic heterocycles. The van der Waals surface area contributed by atoms with Gasteiger partial charge in [-0.25, -0.2) is 12.8 Å². The molecule has 1 N–H and O–H groups in total. The Balaban J connectivity index is 1.57. The van der Waals surface area contributed by atoms with Gasteiger partial charge in [0.15, 0.2) is 0 Å². The summed E-state index contributed by atoms with van der Waals surface area (Å²) in [5, 5.41) is 2.94. The number of carbonyl (C=O) groups excluding carboxylic acids is 1. The number of hydrogen-bond acceptors (Lipinski definition) is 3. The minimum Gasteiger partial charge on any atom is -0.326 e. The average molecular weight is 419 g/mol. The summed E-state index contributed by atoms with van der Waals surface area (Å²) in [5.74, 6) is -0.312. The molecular formula is C22H27FN2O3S. The molecule has 1 aliphatic rings. The molecule has 2 aromatic rings. The Kier molecular flexibility index (Phi) is 6.70. The third-order valence-electron chi connectivity index (χ3n) is 5.64. The Labute approximate surface area is 172 Å². The van der Waals surface area contributed by atoms with Crippen LogP contribution in [0.3, 0.4) is 0 Å². The lowest BCUT2D eigenvalue weighted by atomic mass is 9.96. The molecule has 2 aromatic carbocycles. The van der Waals surface area contributed by atoms with Crippen LogP contribution in [0.1, 0.15) is 44.6 Å². The first-order valence-electron chi connectivity index (χ1n) is 9.97. The molecule has 156 valence electrons. The van der Waals surface area contributed by atoms with Crippen LogP contribution in [-0.2, 0) is 14.8 Å². The summed E-state index contributed by atoms with van der Waals surface area (Å²) < 4.78 is 39.8. The average Bonchev–Trinajstić information content (AvgIpc) is 2.74. The van der Waals surface area contributed by atoms with Crippen molar-refractivity contribution in [2.75, 3.05) is 18.4 Å². The summed E-state index contributed by atoms with van der Waals surface area (Å²) >= 11 is 0. The van der Waals surface area contributed by atoms with E-state index in [0.29, 0.717) is 18.8 Å². The van der Waals surface area contributed by atoms with Crippen molar-refractivity contribution in [1.82, 2.24) is 4.31 Å². The number of anilines is 1. The first-order chi connectivity index (χ1) is 13.8. The molecule has 1 saturated heterocycles. The Morgan fingerprint density at radius 1 is 1.10 bits per heavy atom. The third kappa shape index (κ3) is 5.03. The summed E-state index contributed by atoms with van der Waals surface area (Å²) in [6.45, 7) is 4.85. The Morgan fingerprint density at radius 2 is 1.69 bits per heavy atom. The van der Waals surface area contributed by atoms with Crippen molar-refractivity contribution >= 4 is 21.6 Å². The predicted octanol–water partition coefficient (Wildman–Crippen LogP) is 4.38.